The van der Waals surface area contributed by atoms with Gasteiger partial charge in [-0.2, -0.15) is 5.26 Å². The zero-order chi connectivity index (χ0) is 13.5. The average molecular weight is 242 g/mol. The SMILES string of the molecule is CCOC(=O)CN(CC#N)C(=O)OC(C)(C)C. The maximum atomic E-state index is 11.6. The minimum absolute atomic E-state index is 0.215. The molecule has 0 radical (unpaired) electrons. The lowest BCUT2D eigenvalue weighted by Crippen LogP contribution is -2.40. The number of ether oxygens (including phenoxy) is 2. The van der Waals surface area contributed by atoms with E-state index >= 15 is 0 Å². The van der Waals surface area contributed by atoms with E-state index in [1.165, 1.54) is 0 Å². The van der Waals surface area contributed by atoms with Crippen LogP contribution in [-0.4, -0.2) is 42.3 Å². The van der Waals surface area contributed by atoms with E-state index in [4.69, 9.17) is 14.7 Å². The van der Waals surface area contributed by atoms with Crippen molar-refractivity contribution < 1.29 is 19.1 Å². The topological polar surface area (TPSA) is 79.6 Å². The molecule has 0 spiro atoms. The van der Waals surface area contributed by atoms with Gasteiger partial charge in [-0.25, -0.2) is 4.79 Å². The molecule has 0 saturated heterocycles. The molecule has 0 atom stereocenters. The smallest absolute Gasteiger partial charge is 0.411 e. The highest BCUT2D eigenvalue weighted by Crippen LogP contribution is 2.09. The quantitative estimate of drug-likeness (QED) is 0.548. The Morgan fingerprint density at radius 3 is 2.35 bits per heavy atom. The zero-order valence-corrected chi connectivity index (χ0v) is 10.6. The monoisotopic (exact) mass is 242 g/mol. The molecule has 96 valence electrons. The third-order valence-electron chi connectivity index (χ3n) is 1.54. The summed E-state index contributed by atoms with van der Waals surface area (Å²) in [7, 11) is 0. The van der Waals surface area contributed by atoms with Crippen LogP contribution in [0.1, 0.15) is 27.7 Å². The number of carbonyl (C=O) groups excluding carboxylic acids is 2. The summed E-state index contributed by atoms with van der Waals surface area (Å²) in [6, 6.07) is 1.80. The zero-order valence-electron chi connectivity index (χ0n) is 10.6. The molecule has 0 fully saturated rings. The molecule has 0 aromatic heterocycles. The minimum Gasteiger partial charge on any atom is -0.465 e. The van der Waals surface area contributed by atoms with Crippen LogP contribution in [0, 0.1) is 11.3 Å². The predicted octanol–water partition coefficient (Wildman–Crippen LogP) is 1.31. The van der Waals surface area contributed by atoms with Crippen molar-refractivity contribution in [3.8, 4) is 6.07 Å². The maximum Gasteiger partial charge on any atom is 0.411 e. The number of esters is 1. The van der Waals surface area contributed by atoms with Crippen molar-refractivity contribution in [3.05, 3.63) is 0 Å². The largest absolute Gasteiger partial charge is 0.465 e. The van der Waals surface area contributed by atoms with Crippen molar-refractivity contribution >= 4 is 12.1 Å². The summed E-state index contributed by atoms with van der Waals surface area (Å²) in [4.78, 5) is 23.9. The van der Waals surface area contributed by atoms with E-state index in [0.29, 0.717) is 0 Å². The normalized spacial score (nSPS) is 10.3. The van der Waals surface area contributed by atoms with Crippen LogP contribution in [0.15, 0.2) is 0 Å². The first kappa shape index (κ1) is 15.2. The Kier molecular flexibility index (Phi) is 6.03. The molecule has 0 N–H and O–H groups in total. The Morgan fingerprint density at radius 2 is 1.94 bits per heavy atom. The number of hydrogen-bond donors (Lipinski definition) is 0. The summed E-state index contributed by atoms with van der Waals surface area (Å²) in [5.41, 5.74) is -0.667. The van der Waals surface area contributed by atoms with Crippen LogP contribution in [0.5, 0.6) is 0 Å². The Morgan fingerprint density at radius 1 is 1.35 bits per heavy atom. The first-order valence-corrected chi connectivity index (χ1v) is 5.30. The van der Waals surface area contributed by atoms with Crippen LogP contribution < -0.4 is 0 Å². The van der Waals surface area contributed by atoms with Crippen LogP contribution in [-0.2, 0) is 14.3 Å². The first-order chi connectivity index (χ1) is 7.80. The van der Waals surface area contributed by atoms with Crippen molar-refractivity contribution in [2.75, 3.05) is 19.7 Å². The van der Waals surface area contributed by atoms with E-state index in [9.17, 15) is 9.59 Å². The van der Waals surface area contributed by atoms with Gasteiger partial charge in [-0.1, -0.05) is 0 Å². The third-order valence-corrected chi connectivity index (χ3v) is 1.54. The number of rotatable bonds is 4. The van der Waals surface area contributed by atoms with Gasteiger partial charge in [-0.3, -0.25) is 9.69 Å². The van der Waals surface area contributed by atoms with Crippen LogP contribution >= 0.6 is 0 Å². The highest BCUT2D eigenvalue weighted by molar-refractivity contribution is 5.78. The fourth-order valence-electron chi connectivity index (χ4n) is 0.959. The van der Waals surface area contributed by atoms with E-state index in [-0.39, 0.29) is 19.7 Å². The molecule has 6 heteroatoms. The van der Waals surface area contributed by atoms with Crippen LogP contribution in [0.25, 0.3) is 0 Å². The van der Waals surface area contributed by atoms with Crippen molar-refractivity contribution in [2.24, 2.45) is 0 Å². The Bertz CT molecular complexity index is 314. The molecule has 0 aliphatic heterocycles. The maximum absolute atomic E-state index is 11.6. The lowest BCUT2D eigenvalue weighted by molar-refractivity contribution is -0.144. The fraction of sp³-hybridized carbons (Fsp3) is 0.727. The highest BCUT2D eigenvalue weighted by atomic mass is 16.6. The molecule has 0 unspecified atom stereocenters. The van der Waals surface area contributed by atoms with Crippen molar-refractivity contribution in [1.82, 2.24) is 4.90 Å². The van der Waals surface area contributed by atoms with Crippen LogP contribution in [0.3, 0.4) is 0 Å². The van der Waals surface area contributed by atoms with Crippen LogP contribution in [0.4, 0.5) is 4.79 Å². The highest BCUT2D eigenvalue weighted by Gasteiger charge is 2.24. The van der Waals surface area contributed by atoms with E-state index in [2.05, 4.69) is 0 Å². The molecule has 0 heterocycles. The number of nitriles is 1. The first-order valence-electron chi connectivity index (χ1n) is 5.30. The summed E-state index contributed by atoms with van der Waals surface area (Å²) in [5.74, 6) is -0.561. The fourth-order valence-corrected chi connectivity index (χ4v) is 0.959. The van der Waals surface area contributed by atoms with E-state index in [1.807, 2.05) is 0 Å². The predicted molar refractivity (Wildman–Crippen MR) is 60.1 cm³/mol. The lowest BCUT2D eigenvalue weighted by Gasteiger charge is -2.25. The standard InChI is InChI=1S/C11H18N2O4/c1-5-16-9(14)8-13(7-6-12)10(15)17-11(2,3)4/h5,7-8H2,1-4H3. The number of nitrogens with zero attached hydrogens (tertiary/aromatic N) is 2. The molecule has 17 heavy (non-hydrogen) atoms. The van der Waals surface area contributed by atoms with E-state index in [0.717, 1.165) is 4.90 Å². The van der Waals surface area contributed by atoms with Gasteiger partial charge in [0.05, 0.1) is 12.7 Å². The van der Waals surface area contributed by atoms with Crippen molar-refractivity contribution in [2.45, 2.75) is 33.3 Å². The second-order valence-electron chi connectivity index (χ2n) is 4.30. The summed E-state index contributed by atoms with van der Waals surface area (Å²) in [6.45, 7) is 6.52. The summed E-state index contributed by atoms with van der Waals surface area (Å²) in [5, 5.41) is 8.58. The Labute approximate surface area is 101 Å². The Hall–Kier alpha value is -1.77. The molecule has 0 bridgehead atoms. The van der Waals surface area contributed by atoms with Gasteiger partial charge in [-0.05, 0) is 27.7 Å². The summed E-state index contributed by atoms with van der Waals surface area (Å²) >= 11 is 0. The van der Waals surface area contributed by atoms with E-state index in [1.54, 1.807) is 33.8 Å². The molecule has 0 rings (SSSR count). The number of carbonyl (C=O) groups is 2. The molecular formula is C11H18N2O4. The lowest BCUT2D eigenvalue weighted by atomic mass is 10.2. The third kappa shape index (κ3) is 7.17. The molecule has 6 nitrogen and oxygen atoms in total. The number of amides is 1. The molecule has 0 aromatic rings. The van der Waals surface area contributed by atoms with Gasteiger partial charge in [0.1, 0.15) is 18.7 Å². The minimum atomic E-state index is -0.702. The van der Waals surface area contributed by atoms with Gasteiger partial charge >= 0.3 is 12.1 Å². The van der Waals surface area contributed by atoms with Gasteiger partial charge in [0.25, 0.3) is 0 Å². The van der Waals surface area contributed by atoms with Crippen molar-refractivity contribution in [1.29, 1.82) is 5.26 Å². The molecular weight excluding hydrogens is 224 g/mol. The van der Waals surface area contributed by atoms with Gasteiger partial charge in [0.15, 0.2) is 0 Å². The second kappa shape index (κ2) is 6.74. The van der Waals surface area contributed by atoms with Crippen LogP contribution in [0.2, 0.25) is 0 Å². The molecule has 0 aromatic carbocycles. The molecule has 0 aliphatic carbocycles. The summed E-state index contributed by atoms with van der Waals surface area (Å²) < 4.78 is 9.76. The van der Waals surface area contributed by atoms with Gasteiger partial charge in [0.2, 0.25) is 0 Å². The van der Waals surface area contributed by atoms with E-state index < -0.39 is 17.7 Å². The van der Waals surface area contributed by atoms with Gasteiger partial charge < -0.3 is 9.47 Å². The van der Waals surface area contributed by atoms with Gasteiger partial charge in [0, 0.05) is 0 Å². The number of hydrogen-bond acceptors (Lipinski definition) is 5. The van der Waals surface area contributed by atoms with Gasteiger partial charge in [-0.15, -0.1) is 0 Å². The molecule has 1 amide bonds. The second-order valence-corrected chi connectivity index (χ2v) is 4.30. The summed E-state index contributed by atoms with van der Waals surface area (Å²) in [6.07, 6.45) is -0.702. The van der Waals surface area contributed by atoms with Crippen molar-refractivity contribution in [3.63, 3.8) is 0 Å². The Balaban J connectivity index is 4.47. The average Bonchev–Trinajstić information content (AvgIpc) is 2.14. The molecule has 0 saturated carbocycles. The molecule has 0 aliphatic rings.